The minimum absolute atomic E-state index is 0.0299. The Morgan fingerprint density at radius 2 is 2.05 bits per heavy atom. The van der Waals surface area contributed by atoms with Gasteiger partial charge in [-0.15, -0.1) is 0 Å². The molecule has 0 spiro atoms. The van der Waals surface area contributed by atoms with E-state index in [1.807, 2.05) is 6.92 Å². The second kappa shape index (κ2) is 4.07. The third-order valence-electron chi connectivity index (χ3n) is 5.47. The molecule has 1 saturated carbocycles. The number of hydrogen-bond acceptors (Lipinski definition) is 5. The number of ether oxygens (including phenoxy) is 2. The van der Waals surface area contributed by atoms with Crippen molar-refractivity contribution in [1.29, 1.82) is 0 Å². The molecular weight excluding hydrogens is 260 g/mol. The maximum atomic E-state index is 11.8. The molecule has 1 aliphatic carbocycles. The Morgan fingerprint density at radius 1 is 1.35 bits per heavy atom. The summed E-state index contributed by atoms with van der Waals surface area (Å²) in [6.07, 6.45) is 1.37. The largest absolute Gasteiger partial charge is 0.454 e. The van der Waals surface area contributed by atoms with Gasteiger partial charge in [0.1, 0.15) is 5.60 Å². The van der Waals surface area contributed by atoms with Crippen molar-refractivity contribution in [2.45, 2.75) is 56.8 Å². The molecule has 0 unspecified atom stereocenters. The van der Waals surface area contributed by atoms with Gasteiger partial charge in [0.05, 0.1) is 0 Å². The first-order valence-corrected chi connectivity index (χ1v) is 7.13. The molecule has 0 aromatic rings. The highest BCUT2D eigenvalue weighted by molar-refractivity contribution is 5.91. The molecule has 3 fully saturated rings. The Kier molecular flexibility index (Phi) is 2.77. The lowest BCUT2D eigenvalue weighted by atomic mass is 9.68. The monoisotopic (exact) mass is 280 g/mol. The summed E-state index contributed by atoms with van der Waals surface area (Å²) in [4.78, 5) is 23.5. The van der Waals surface area contributed by atoms with Gasteiger partial charge in [-0.3, -0.25) is 4.79 Å². The normalized spacial score (nSPS) is 48.0. The fraction of sp³-hybridized carbons (Fsp3) is 0.733. The van der Waals surface area contributed by atoms with Crippen molar-refractivity contribution in [2.75, 3.05) is 0 Å². The van der Waals surface area contributed by atoms with Crippen molar-refractivity contribution in [3.05, 3.63) is 12.2 Å². The molecule has 5 heteroatoms. The molecule has 0 aromatic carbocycles. The van der Waals surface area contributed by atoms with Crippen LogP contribution in [0.25, 0.3) is 0 Å². The maximum absolute atomic E-state index is 11.8. The average Bonchev–Trinajstić information content (AvgIpc) is 2.64. The summed E-state index contributed by atoms with van der Waals surface area (Å²) in [5.41, 5.74) is -1.93. The van der Waals surface area contributed by atoms with Crippen LogP contribution in [0.2, 0.25) is 0 Å². The van der Waals surface area contributed by atoms with Crippen LogP contribution in [0.1, 0.15) is 39.5 Å². The van der Waals surface area contributed by atoms with E-state index in [9.17, 15) is 14.7 Å². The quantitative estimate of drug-likeness (QED) is 0.535. The van der Waals surface area contributed by atoms with Gasteiger partial charge in [0.25, 0.3) is 0 Å². The van der Waals surface area contributed by atoms with Gasteiger partial charge in [0.2, 0.25) is 0 Å². The van der Waals surface area contributed by atoms with Crippen molar-refractivity contribution in [3.8, 4) is 0 Å². The third-order valence-corrected chi connectivity index (χ3v) is 5.47. The predicted molar refractivity (Wildman–Crippen MR) is 69.6 cm³/mol. The Balaban J connectivity index is 2.10. The van der Waals surface area contributed by atoms with Gasteiger partial charge in [0, 0.05) is 17.9 Å². The number of esters is 2. The number of aliphatic hydroxyl groups is 1. The first-order chi connectivity index (χ1) is 9.29. The molecule has 5 nitrogen and oxygen atoms in total. The molecule has 1 N–H and O–H groups in total. The lowest BCUT2D eigenvalue weighted by Crippen LogP contribution is -2.66. The highest BCUT2D eigenvalue weighted by Gasteiger charge is 2.66. The second-order valence-electron chi connectivity index (χ2n) is 6.44. The molecule has 0 bridgehead atoms. The van der Waals surface area contributed by atoms with Crippen molar-refractivity contribution >= 4 is 11.9 Å². The minimum atomic E-state index is -1.20. The van der Waals surface area contributed by atoms with Gasteiger partial charge in [-0.05, 0) is 32.1 Å². The van der Waals surface area contributed by atoms with E-state index in [4.69, 9.17) is 9.47 Å². The standard InChI is InChI=1S/C15H20O5/c1-8-4-5-10-9(2)13(17)19-12(10)14(3)15(8,18)7-6-11(16)20-14/h8,10,12,18H,2,4-7H2,1,3H3/t8-,10-,12+,14-,15+/m0/s1. The number of rotatable bonds is 0. The zero-order chi connectivity index (χ0) is 14.7. The fourth-order valence-corrected chi connectivity index (χ4v) is 4.05. The highest BCUT2D eigenvalue weighted by Crippen LogP contribution is 2.53. The van der Waals surface area contributed by atoms with E-state index in [2.05, 4.69) is 6.58 Å². The topological polar surface area (TPSA) is 72.8 Å². The SMILES string of the molecule is C=C1C(=O)O[C@@H]2[C@H]1CC[C@H](C)[C@]1(O)CCC(=O)O[C@@]21C. The molecule has 2 saturated heterocycles. The third kappa shape index (κ3) is 1.53. The van der Waals surface area contributed by atoms with Crippen LogP contribution in [-0.2, 0) is 19.1 Å². The van der Waals surface area contributed by atoms with Crippen LogP contribution in [0.15, 0.2) is 12.2 Å². The Labute approximate surface area is 117 Å². The Hall–Kier alpha value is -1.36. The van der Waals surface area contributed by atoms with Crippen LogP contribution < -0.4 is 0 Å². The zero-order valence-corrected chi connectivity index (χ0v) is 11.8. The first-order valence-electron chi connectivity index (χ1n) is 7.13. The van der Waals surface area contributed by atoms with E-state index in [0.717, 1.165) is 6.42 Å². The Morgan fingerprint density at radius 3 is 2.75 bits per heavy atom. The molecule has 3 aliphatic rings. The van der Waals surface area contributed by atoms with Crippen LogP contribution in [0, 0.1) is 11.8 Å². The van der Waals surface area contributed by atoms with E-state index < -0.39 is 23.3 Å². The van der Waals surface area contributed by atoms with Crippen LogP contribution in [0.3, 0.4) is 0 Å². The zero-order valence-electron chi connectivity index (χ0n) is 11.8. The van der Waals surface area contributed by atoms with Crippen LogP contribution in [0.4, 0.5) is 0 Å². The van der Waals surface area contributed by atoms with Crippen LogP contribution in [0.5, 0.6) is 0 Å². The summed E-state index contributed by atoms with van der Waals surface area (Å²) in [5.74, 6) is -1.01. The summed E-state index contributed by atoms with van der Waals surface area (Å²) in [5, 5.41) is 11.1. The minimum Gasteiger partial charge on any atom is -0.454 e. The van der Waals surface area contributed by atoms with Crippen molar-refractivity contribution in [3.63, 3.8) is 0 Å². The summed E-state index contributed by atoms with van der Waals surface area (Å²) in [7, 11) is 0. The van der Waals surface area contributed by atoms with Crippen molar-refractivity contribution < 1.29 is 24.2 Å². The molecule has 2 aliphatic heterocycles. The second-order valence-corrected chi connectivity index (χ2v) is 6.44. The summed E-state index contributed by atoms with van der Waals surface area (Å²) < 4.78 is 11.0. The molecule has 110 valence electrons. The molecular formula is C15H20O5. The number of fused-ring (bicyclic) bond motifs is 3. The molecule has 20 heavy (non-hydrogen) atoms. The van der Waals surface area contributed by atoms with E-state index in [-0.39, 0.29) is 24.2 Å². The predicted octanol–water partition coefficient (Wildman–Crippen LogP) is 1.34. The lowest BCUT2D eigenvalue weighted by Gasteiger charge is -2.51. The fourth-order valence-electron chi connectivity index (χ4n) is 4.05. The van der Waals surface area contributed by atoms with Gasteiger partial charge >= 0.3 is 11.9 Å². The van der Waals surface area contributed by atoms with Gasteiger partial charge in [-0.1, -0.05) is 13.5 Å². The molecule has 5 atom stereocenters. The molecule has 0 amide bonds. The smallest absolute Gasteiger partial charge is 0.334 e. The number of carbonyl (C=O) groups is 2. The van der Waals surface area contributed by atoms with Crippen molar-refractivity contribution in [1.82, 2.24) is 0 Å². The van der Waals surface area contributed by atoms with Crippen LogP contribution >= 0.6 is 0 Å². The summed E-state index contributed by atoms with van der Waals surface area (Å²) in [6.45, 7) is 7.45. The van der Waals surface area contributed by atoms with Gasteiger partial charge in [0.15, 0.2) is 11.7 Å². The molecule has 0 radical (unpaired) electrons. The summed E-state index contributed by atoms with van der Waals surface area (Å²) in [6, 6.07) is 0. The summed E-state index contributed by atoms with van der Waals surface area (Å²) >= 11 is 0. The van der Waals surface area contributed by atoms with Gasteiger partial charge < -0.3 is 14.6 Å². The molecule has 3 rings (SSSR count). The van der Waals surface area contributed by atoms with Gasteiger partial charge in [-0.25, -0.2) is 4.79 Å². The van der Waals surface area contributed by atoms with E-state index in [0.29, 0.717) is 18.4 Å². The average molecular weight is 280 g/mol. The van der Waals surface area contributed by atoms with E-state index in [1.165, 1.54) is 0 Å². The van der Waals surface area contributed by atoms with E-state index >= 15 is 0 Å². The number of carbonyl (C=O) groups excluding carboxylic acids is 2. The Bertz CT molecular complexity index is 498. The van der Waals surface area contributed by atoms with Gasteiger partial charge in [-0.2, -0.15) is 0 Å². The highest BCUT2D eigenvalue weighted by atomic mass is 16.6. The first kappa shape index (κ1) is 13.6. The molecule has 2 heterocycles. The lowest BCUT2D eigenvalue weighted by molar-refractivity contribution is -0.251. The van der Waals surface area contributed by atoms with Crippen LogP contribution in [-0.4, -0.2) is 34.4 Å². The molecule has 0 aromatic heterocycles. The van der Waals surface area contributed by atoms with Crippen molar-refractivity contribution in [2.24, 2.45) is 11.8 Å². The number of hydrogen-bond donors (Lipinski definition) is 1. The van der Waals surface area contributed by atoms with E-state index in [1.54, 1.807) is 6.92 Å². The maximum Gasteiger partial charge on any atom is 0.334 e.